The minimum absolute atomic E-state index is 0.141. The highest BCUT2D eigenvalue weighted by atomic mass is 16.5. The van der Waals surface area contributed by atoms with Crippen molar-refractivity contribution in [2.75, 3.05) is 0 Å². The van der Waals surface area contributed by atoms with Crippen molar-refractivity contribution in [2.45, 2.75) is 18.9 Å². The predicted octanol–water partition coefficient (Wildman–Crippen LogP) is 1.80. The molecule has 1 saturated carbocycles. The lowest BCUT2D eigenvalue weighted by Crippen LogP contribution is -2.26. The minimum atomic E-state index is -1.01. The minimum Gasteiger partial charge on any atom is -0.477 e. The van der Waals surface area contributed by atoms with Crippen molar-refractivity contribution in [1.29, 1.82) is 0 Å². The highest BCUT2D eigenvalue weighted by molar-refractivity contribution is 5.95. The number of H-pyrrole nitrogens is 1. The second-order valence-electron chi connectivity index (χ2n) is 5.70. The van der Waals surface area contributed by atoms with Gasteiger partial charge in [-0.3, -0.25) is 9.51 Å². The van der Waals surface area contributed by atoms with Crippen LogP contribution in [0, 0.1) is 5.92 Å². The summed E-state index contributed by atoms with van der Waals surface area (Å²) < 4.78 is 6.38. The molecule has 7 nitrogen and oxygen atoms in total. The van der Waals surface area contributed by atoms with Gasteiger partial charge in [0, 0.05) is 10.9 Å². The fraction of sp³-hybridized carbons (Fsp3) is 0.267. The number of aromatic nitrogens is 3. The third kappa shape index (κ3) is 1.53. The van der Waals surface area contributed by atoms with Crippen LogP contribution in [0.4, 0.5) is 0 Å². The van der Waals surface area contributed by atoms with E-state index in [1.807, 2.05) is 31.2 Å². The molecule has 0 radical (unpaired) electrons. The topological polar surface area (TPSA) is 101 Å². The molecule has 22 heavy (non-hydrogen) atoms. The molecule has 1 fully saturated rings. The van der Waals surface area contributed by atoms with Crippen molar-refractivity contribution < 1.29 is 14.4 Å². The lowest BCUT2D eigenvalue weighted by molar-refractivity contribution is 0.0682. The van der Waals surface area contributed by atoms with E-state index < -0.39 is 17.3 Å². The zero-order valence-corrected chi connectivity index (χ0v) is 11.7. The summed E-state index contributed by atoms with van der Waals surface area (Å²) in [6.07, 6.45) is 0.689. The number of hydrogen-bond donors (Lipinski definition) is 2. The number of fused-ring (bicyclic) bond motifs is 1. The summed E-state index contributed by atoms with van der Waals surface area (Å²) in [4.78, 5) is 25.6. The first-order chi connectivity index (χ1) is 10.5. The Balaban J connectivity index is 2.06. The Labute approximate surface area is 124 Å². The molecular formula is C15H13N3O4. The molecule has 1 aliphatic rings. The fourth-order valence-corrected chi connectivity index (χ4v) is 3.31. The SMILES string of the molecule is C[C@H]1C[C@]1(c1noc(=O)[nH]1)n1c(C(=O)O)cc2ccccc21. The van der Waals surface area contributed by atoms with Crippen LogP contribution in [-0.4, -0.2) is 25.8 Å². The summed E-state index contributed by atoms with van der Waals surface area (Å²) in [7, 11) is 0. The molecule has 112 valence electrons. The number of aromatic amines is 1. The van der Waals surface area contributed by atoms with Crippen LogP contribution in [0.2, 0.25) is 0 Å². The summed E-state index contributed by atoms with van der Waals surface area (Å²) in [6.45, 7) is 1.99. The van der Waals surface area contributed by atoms with Crippen LogP contribution in [0.25, 0.3) is 10.9 Å². The van der Waals surface area contributed by atoms with Crippen LogP contribution in [0.15, 0.2) is 39.6 Å². The van der Waals surface area contributed by atoms with E-state index in [0.29, 0.717) is 12.2 Å². The summed E-state index contributed by atoms with van der Waals surface area (Å²) in [5.74, 6) is -1.14. The highest BCUT2D eigenvalue weighted by Crippen LogP contribution is 2.55. The lowest BCUT2D eigenvalue weighted by atomic mass is 10.1. The van der Waals surface area contributed by atoms with E-state index in [0.717, 1.165) is 10.9 Å². The molecule has 0 unspecified atom stereocenters. The van der Waals surface area contributed by atoms with E-state index in [1.165, 1.54) is 0 Å². The number of hydrogen-bond acceptors (Lipinski definition) is 4. The van der Waals surface area contributed by atoms with Crippen molar-refractivity contribution in [2.24, 2.45) is 5.92 Å². The molecule has 1 aromatic carbocycles. The summed E-state index contributed by atoms with van der Waals surface area (Å²) in [6, 6.07) is 9.09. The van der Waals surface area contributed by atoms with E-state index in [-0.39, 0.29) is 11.6 Å². The van der Waals surface area contributed by atoms with E-state index in [4.69, 9.17) is 0 Å². The first kappa shape index (κ1) is 12.9. The molecule has 3 aromatic rings. The Morgan fingerprint density at radius 1 is 1.50 bits per heavy atom. The van der Waals surface area contributed by atoms with E-state index in [9.17, 15) is 14.7 Å². The van der Waals surface area contributed by atoms with Gasteiger partial charge in [0.2, 0.25) is 0 Å². The molecule has 2 atom stereocenters. The summed E-state index contributed by atoms with van der Waals surface area (Å²) in [5, 5.41) is 14.2. The zero-order valence-electron chi connectivity index (χ0n) is 11.7. The molecule has 2 heterocycles. The third-order valence-corrected chi connectivity index (χ3v) is 4.45. The van der Waals surface area contributed by atoms with Crippen molar-refractivity contribution in [3.8, 4) is 0 Å². The number of aromatic carboxylic acids is 1. The maximum Gasteiger partial charge on any atom is 0.438 e. The van der Waals surface area contributed by atoms with Gasteiger partial charge in [-0.1, -0.05) is 30.3 Å². The quantitative estimate of drug-likeness (QED) is 0.768. The van der Waals surface area contributed by atoms with Crippen LogP contribution in [0.5, 0.6) is 0 Å². The molecule has 7 heteroatoms. The zero-order chi connectivity index (χ0) is 15.5. The summed E-state index contributed by atoms with van der Waals surface area (Å²) >= 11 is 0. The van der Waals surface area contributed by atoms with Gasteiger partial charge < -0.3 is 9.67 Å². The molecule has 0 amide bonds. The maximum atomic E-state index is 11.7. The average molecular weight is 299 g/mol. The van der Waals surface area contributed by atoms with Crippen LogP contribution in [-0.2, 0) is 5.54 Å². The smallest absolute Gasteiger partial charge is 0.438 e. The molecule has 0 spiro atoms. The standard InChI is InChI=1S/C15H13N3O4/c1-8-7-15(8,13-16-14(21)22-17-13)18-10-5-3-2-4-9(10)6-11(18)12(19)20/h2-6,8H,7H2,1H3,(H,19,20)(H,16,17,21)/t8-,15-/m0/s1. The Kier molecular flexibility index (Phi) is 2.40. The number of benzene rings is 1. The first-order valence-electron chi connectivity index (χ1n) is 6.95. The molecular weight excluding hydrogens is 286 g/mol. The second kappa shape index (κ2) is 4.09. The van der Waals surface area contributed by atoms with E-state index in [1.54, 1.807) is 10.6 Å². The third-order valence-electron chi connectivity index (χ3n) is 4.45. The lowest BCUT2D eigenvalue weighted by Gasteiger charge is -2.19. The highest BCUT2D eigenvalue weighted by Gasteiger charge is 2.58. The molecule has 0 bridgehead atoms. The Hall–Kier alpha value is -2.83. The fourth-order valence-electron chi connectivity index (χ4n) is 3.31. The molecule has 2 aromatic heterocycles. The Morgan fingerprint density at radius 3 is 2.82 bits per heavy atom. The van der Waals surface area contributed by atoms with Gasteiger partial charge in [0.05, 0.1) is 0 Å². The summed E-state index contributed by atoms with van der Waals surface area (Å²) in [5.41, 5.74) is 0.297. The number of para-hydroxylation sites is 1. The second-order valence-corrected chi connectivity index (χ2v) is 5.70. The number of carboxylic acids is 1. The number of rotatable bonds is 3. The van der Waals surface area contributed by atoms with Gasteiger partial charge in [-0.2, -0.15) is 0 Å². The average Bonchev–Trinajstić information content (AvgIpc) is 2.88. The van der Waals surface area contributed by atoms with Crippen molar-refractivity contribution in [3.05, 3.63) is 52.4 Å². The Morgan fingerprint density at radius 2 is 2.23 bits per heavy atom. The van der Waals surface area contributed by atoms with Gasteiger partial charge >= 0.3 is 11.7 Å². The largest absolute Gasteiger partial charge is 0.477 e. The van der Waals surface area contributed by atoms with E-state index in [2.05, 4.69) is 14.7 Å². The normalized spacial score (nSPS) is 23.8. The monoisotopic (exact) mass is 299 g/mol. The predicted molar refractivity (Wildman–Crippen MR) is 76.9 cm³/mol. The maximum absolute atomic E-state index is 11.7. The van der Waals surface area contributed by atoms with Crippen LogP contribution >= 0.6 is 0 Å². The molecule has 4 rings (SSSR count). The van der Waals surface area contributed by atoms with Crippen molar-refractivity contribution in [1.82, 2.24) is 14.7 Å². The van der Waals surface area contributed by atoms with Crippen LogP contribution in [0.3, 0.4) is 0 Å². The van der Waals surface area contributed by atoms with Gasteiger partial charge in [-0.05, 0) is 24.5 Å². The van der Waals surface area contributed by atoms with Gasteiger partial charge in [0.15, 0.2) is 5.82 Å². The van der Waals surface area contributed by atoms with Gasteiger partial charge in [-0.25, -0.2) is 9.59 Å². The van der Waals surface area contributed by atoms with Gasteiger partial charge in [-0.15, -0.1) is 0 Å². The van der Waals surface area contributed by atoms with Crippen LogP contribution < -0.4 is 5.76 Å². The number of carboxylic acid groups (broad SMARTS) is 1. The number of nitrogens with one attached hydrogen (secondary N) is 1. The molecule has 2 N–H and O–H groups in total. The Bertz CT molecular complexity index is 951. The van der Waals surface area contributed by atoms with Crippen LogP contribution in [0.1, 0.15) is 29.7 Å². The number of carbonyl (C=O) groups is 1. The van der Waals surface area contributed by atoms with Crippen molar-refractivity contribution in [3.63, 3.8) is 0 Å². The van der Waals surface area contributed by atoms with Gasteiger partial charge in [0.25, 0.3) is 0 Å². The van der Waals surface area contributed by atoms with Crippen molar-refractivity contribution >= 4 is 16.9 Å². The first-order valence-corrected chi connectivity index (χ1v) is 6.95. The number of nitrogens with zero attached hydrogens (tertiary/aromatic N) is 2. The molecule has 0 aliphatic heterocycles. The van der Waals surface area contributed by atoms with E-state index >= 15 is 0 Å². The molecule has 1 aliphatic carbocycles. The molecule has 0 saturated heterocycles. The van der Waals surface area contributed by atoms with Gasteiger partial charge in [0.1, 0.15) is 11.2 Å².